The second kappa shape index (κ2) is 7.23. The zero-order chi connectivity index (χ0) is 11.8. The molecule has 3 heteroatoms. The molecule has 1 aromatic heterocycles. The van der Waals surface area contributed by atoms with Gasteiger partial charge in [-0.2, -0.15) is 0 Å². The maximum Gasteiger partial charge on any atom is 0.126 e. The van der Waals surface area contributed by atoms with Crippen LogP contribution in [0.1, 0.15) is 32.3 Å². The summed E-state index contributed by atoms with van der Waals surface area (Å²) in [5, 5.41) is 3.44. The first-order valence-corrected chi connectivity index (χ1v) is 6.10. The first-order valence-electron chi connectivity index (χ1n) is 6.10. The third-order valence-electron chi connectivity index (χ3n) is 2.53. The Hall–Kier alpha value is -1.09. The number of unbranched alkanes of at least 4 members (excludes halogenated alkanes) is 1. The van der Waals surface area contributed by atoms with Crippen molar-refractivity contribution in [2.24, 2.45) is 5.92 Å². The average Bonchev–Trinajstić information content (AvgIpc) is 2.25. The van der Waals surface area contributed by atoms with Crippen molar-refractivity contribution < 1.29 is 0 Å². The number of aromatic nitrogens is 1. The molecule has 0 atom stereocenters. The Morgan fingerprint density at radius 2 is 2.19 bits per heavy atom. The lowest BCUT2D eigenvalue weighted by Crippen LogP contribution is -2.20. The normalized spacial score (nSPS) is 10.9. The van der Waals surface area contributed by atoms with Crippen molar-refractivity contribution in [3.8, 4) is 0 Å². The van der Waals surface area contributed by atoms with E-state index in [2.05, 4.69) is 30.2 Å². The third-order valence-corrected chi connectivity index (χ3v) is 2.53. The number of hydrogen-bond acceptors (Lipinski definition) is 3. The van der Waals surface area contributed by atoms with E-state index in [9.17, 15) is 0 Å². The lowest BCUT2D eigenvalue weighted by Gasteiger charge is -2.07. The minimum atomic E-state index is 0.678. The van der Waals surface area contributed by atoms with E-state index in [-0.39, 0.29) is 0 Å². The van der Waals surface area contributed by atoms with Gasteiger partial charge in [0.05, 0.1) is 0 Å². The van der Waals surface area contributed by atoms with Crippen LogP contribution in [0.4, 0.5) is 5.82 Å². The molecule has 0 radical (unpaired) electrons. The molecule has 0 aromatic carbocycles. The molecule has 0 aliphatic rings. The molecule has 0 unspecified atom stereocenters. The van der Waals surface area contributed by atoms with Crippen LogP contribution < -0.4 is 11.1 Å². The fourth-order valence-corrected chi connectivity index (χ4v) is 1.62. The second-order valence-corrected chi connectivity index (χ2v) is 4.60. The SMILES string of the molecule is CC(C)CNCCCCc1cccnc1N. The zero-order valence-electron chi connectivity index (χ0n) is 10.4. The lowest BCUT2D eigenvalue weighted by atomic mass is 10.1. The summed E-state index contributed by atoms with van der Waals surface area (Å²) in [6, 6.07) is 4.01. The van der Waals surface area contributed by atoms with E-state index in [1.54, 1.807) is 6.20 Å². The van der Waals surface area contributed by atoms with Gasteiger partial charge in [0.15, 0.2) is 0 Å². The molecule has 0 aliphatic heterocycles. The first-order chi connectivity index (χ1) is 7.70. The van der Waals surface area contributed by atoms with Gasteiger partial charge in [-0.25, -0.2) is 4.98 Å². The molecular weight excluding hydrogens is 198 g/mol. The summed E-state index contributed by atoms with van der Waals surface area (Å²) in [5.74, 6) is 1.41. The van der Waals surface area contributed by atoms with Crippen LogP contribution in [0.15, 0.2) is 18.3 Å². The van der Waals surface area contributed by atoms with E-state index >= 15 is 0 Å². The van der Waals surface area contributed by atoms with Crippen LogP contribution in [-0.2, 0) is 6.42 Å². The van der Waals surface area contributed by atoms with Gasteiger partial charge < -0.3 is 11.1 Å². The number of anilines is 1. The molecule has 0 bridgehead atoms. The Morgan fingerprint density at radius 3 is 2.88 bits per heavy atom. The summed E-state index contributed by atoms with van der Waals surface area (Å²) in [6.07, 6.45) is 5.13. The van der Waals surface area contributed by atoms with E-state index < -0.39 is 0 Å². The Balaban J connectivity index is 2.10. The van der Waals surface area contributed by atoms with E-state index in [1.165, 1.54) is 18.4 Å². The van der Waals surface area contributed by atoms with Crippen LogP contribution in [0.2, 0.25) is 0 Å². The second-order valence-electron chi connectivity index (χ2n) is 4.60. The predicted molar refractivity (Wildman–Crippen MR) is 69.3 cm³/mol. The van der Waals surface area contributed by atoms with Gasteiger partial charge in [-0.05, 0) is 49.9 Å². The number of aryl methyl sites for hydroxylation is 1. The van der Waals surface area contributed by atoms with E-state index in [4.69, 9.17) is 5.73 Å². The average molecular weight is 221 g/mol. The van der Waals surface area contributed by atoms with E-state index in [0.29, 0.717) is 5.82 Å². The lowest BCUT2D eigenvalue weighted by molar-refractivity contribution is 0.535. The molecule has 1 rings (SSSR count). The highest BCUT2D eigenvalue weighted by Gasteiger charge is 1.98. The van der Waals surface area contributed by atoms with Gasteiger partial charge in [0.25, 0.3) is 0 Å². The van der Waals surface area contributed by atoms with E-state index in [0.717, 1.165) is 25.4 Å². The van der Waals surface area contributed by atoms with Crippen LogP contribution in [0.3, 0.4) is 0 Å². The largest absolute Gasteiger partial charge is 0.383 e. The maximum absolute atomic E-state index is 5.77. The van der Waals surface area contributed by atoms with Gasteiger partial charge in [0.1, 0.15) is 5.82 Å². The fourth-order valence-electron chi connectivity index (χ4n) is 1.62. The summed E-state index contributed by atoms with van der Waals surface area (Å²) >= 11 is 0. The highest BCUT2D eigenvalue weighted by atomic mass is 14.8. The molecule has 16 heavy (non-hydrogen) atoms. The summed E-state index contributed by atoms with van der Waals surface area (Å²) in [4.78, 5) is 4.08. The fraction of sp³-hybridized carbons (Fsp3) is 0.615. The number of nitrogens with two attached hydrogens (primary N) is 1. The molecule has 0 fully saturated rings. The van der Waals surface area contributed by atoms with Crippen LogP contribution in [0, 0.1) is 5.92 Å². The number of nitrogens with zero attached hydrogens (tertiary/aromatic N) is 1. The zero-order valence-corrected chi connectivity index (χ0v) is 10.4. The molecule has 0 saturated carbocycles. The van der Waals surface area contributed by atoms with E-state index in [1.807, 2.05) is 6.07 Å². The highest BCUT2D eigenvalue weighted by Crippen LogP contribution is 2.10. The smallest absolute Gasteiger partial charge is 0.126 e. The quantitative estimate of drug-likeness (QED) is 0.694. The Bertz CT molecular complexity index is 297. The Morgan fingerprint density at radius 1 is 1.38 bits per heavy atom. The topological polar surface area (TPSA) is 50.9 Å². The summed E-state index contributed by atoms with van der Waals surface area (Å²) < 4.78 is 0. The number of hydrogen-bond donors (Lipinski definition) is 2. The molecule has 3 nitrogen and oxygen atoms in total. The van der Waals surface area contributed by atoms with Crippen molar-refractivity contribution in [1.82, 2.24) is 10.3 Å². The van der Waals surface area contributed by atoms with Crippen LogP contribution in [0.5, 0.6) is 0 Å². The van der Waals surface area contributed by atoms with Gasteiger partial charge >= 0.3 is 0 Å². The third kappa shape index (κ3) is 5.12. The van der Waals surface area contributed by atoms with Crippen molar-refractivity contribution >= 4 is 5.82 Å². The number of rotatable bonds is 7. The van der Waals surface area contributed by atoms with Gasteiger partial charge in [0, 0.05) is 6.20 Å². The van der Waals surface area contributed by atoms with Crippen molar-refractivity contribution in [1.29, 1.82) is 0 Å². The van der Waals surface area contributed by atoms with Crippen LogP contribution in [-0.4, -0.2) is 18.1 Å². The predicted octanol–water partition coefficient (Wildman–Crippen LogP) is 2.23. The monoisotopic (exact) mass is 221 g/mol. The Labute approximate surface area is 98.5 Å². The molecule has 0 saturated heterocycles. The molecule has 0 amide bonds. The van der Waals surface area contributed by atoms with Gasteiger partial charge in [0.2, 0.25) is 0 Å². The van der Waals surface area contributed by atoms with Gasteiger partial charge in [-0.15, -0.1) is 0 Å². The summed E-state index contributed by atoms with van der Waals surface area (Å²) in [6.45, 7) is 6.65. The molecule has 3 N–H and O–H groups in total. The van der Waals surface area contributed by atoms with Crippen molar-refractivity contribution in [2.75, 3.05) is 18.8 Å². The first kappa shape index (κ1) is 13.0. The maximum atomic E-state index is 5.77. The van der Waals surface area contributed by atoms with Gasteiger partial charge in [-0.1, -0.05) is 19.9 Å². The highest BCUT2D eigenvalue weighted by molar-refractivity contribution is 5.38. The van der Waals surface area contributed by atoms with Crippen LogP contribution >= 0.6 is 0 Å². The van der Waals surface area contributed by atoms with Crippen molar-refractivity contribution in [3.63, 3.8) is 0 Å². The molecule has 90 valence electrons. The molecule has 1 aromatic rings. The number of pyridine rings is 1. The summed E-state index contributed by atoms with van der Waals surface area (Å²) in [5.41, 5.74) is 6.95. The molecule has 0 spiro atoms. The standard InChI is InChI=1S/C13H23N3/c1-11(2)10-15-8-4-3-6-12-7-5-9-16-13(12)14/h5,7,9,11,15H,3-4,6,8,10H2,1-2H3,(H2,14,16). The molecular formula is C13H23N3. The minimum absolute atomic E-state index is 0.678. The Kier molecular flexibility index (Phi) is 5.86. The van der Waals surface area contributed by atoms with Crippen molar-refractivity contribution in [2.45, 2.75) is 33.1 Å². The van der Waals surface area contributed by atoms with Crippen molar-refractivity contribution in [3.05, 3.63) is 23.9 Å². The summed E-state index contributed by atoms with van der Waals surface area (Å²) in [7, 11) is 0. The molecule has 1 heterocycles. The number of nitrogen functional groups attached to an aromatic ring is 1. The van der Waals surface area contributed by atoms with Gasteiger partial charge in [-0.3, -0.25) is 0 Å². The number of nitrogens with one attached hydrogen (secondary N) is 1. The van der Waals surface area contributed by atoms with Crippen LogP contribution in [0.25, 0.3) is 0 Å². The minimum Gasteiger partial charge on any atom is -0.383 e. The molecule has 0 aliphatic carbocycles.